The molecule has 0 aliphatic carbocycles. The van der Waals surface area contributed by atoms with Crippen LogP contribution in [0.5, 0.6) is 11.5 Å². The number of amides is 1. The molecule has 35 heavy (non-hydrogen) atoms. The van der Waals surface area contributed by atoms with Crippen molar-refractivity contribution in [1.29, 1.82) is 0 Å². The zero-order valence-corrected chi connectivity index (χ0v) is 19.9. The van der Waals surface area contributed by atoms with Crippen molar-refractivity contribution in [3.8, 4) is 22.6 Å². The van der Waals surface area contributed by atoms with E-state index < -0.39 is 11.6 Å². The van der Waals surface area contributed by atoms with Crippen molar-refractivity contribution >= 4 is 17.6 Å². The largest absolute Gasteiger partial charge is 0.457 e. The van der Waals surface area contributed by atoms with Crippen LogP contribution in [0.2, 0.25) is 0 Å². The smallest absolute Gasteiger partial charge is 0.340 e. The standard InChI is InChI=1S/C30H27NO4/c1-30(2,3)35-29(33)26-19-18-25(34-24-12-8-5-9-13-24)20-27(26)31-28(32)23-16-14-22(15-17-23)21-10-6-4-7-11-21/h4-20H,1-3H3,(H,31,32). The zero-order valence-electron chi connectivity index (χ0n) is 19.9. The highest BCUT2D eigenvalue weighted by molar-refractivity contribution is 6.08. The summed E-state index contributed by atoms with van der Waals surface area (Å²) in [5.74, 6) is 0.259. The number of nitrogens with one attached hydrogen (secondary N) is 1. The minimum absolute atomic E-state index is 0.245. The van der Waals surface area contributed by atoms with Gasteiger partial charge in [0.25, 0.3) is 5.91 Å². The molecule has 4 aromatic carbocycles. The van der Waals surface area contributed by atoms with E-state index in [-0.39, 0.29) is 11.5 Å². The van der Waals surface area contributed by atoms with Crippen molar-refractivity contribution in [2.45, 2.75) is 26.4 Å². The van der Waals surface area contributed by atoms with Gasteiger partial charge < -0.3 is 14.8 Å². The first-order chi connectivity index (χ1) is 16.8. The number of carbonyl (C=O) groups excluding carboxylic acids is 2. The average molecular weight is 466 g/mol. The van der Waals surface area contributed by atoms with Crippen molar-refractivity contribution in [2.24, 2.45) is 0 Å². The van der Waals surface area contributed by atoms with Gasteiger partial charge in [-0.25, -0.2) is 4.79 Å². The minimum atomic E-state index is -0.676. The Morgan fingerprint density at radius 2 is 1.29 bits per heavy atom. The van der Waals surface area contributed by atoms with Gasteiger partial charge in [-0.15, -0.1) is 0 Å². The van der Waals surface area contributed by atoms with Crippen molar-refractivity contribution in [3.05, 3.63) is 114 Å². The van der Waals surface area contributed by atoms with Crippen molar-refractivity contribution in [3.63, 3.8) is 0 Å². The number of para-hydroxylation sites is 1. The molecule has 1 amide bonds. The van der Waals surface area contributed by atoms with Crippen LogP contribution in [0.1, 0.15) is 41.5 Å². The van der Waals surface area contributed by atoms with E-state index in [0.29, 0.717) is 22.7 Å². The Kier molecular flexibility index (Phi) is 6.97. The fourth-order valence-corrected chi connectivity index (χ4v) is 3.47. The fraction of sp³-hybridized carbons (Fsp3) is 0.133. The first-order valence-electron chi connectivity index (χ1n) is 11.4. The summed E-state index contributed by atoms with van der Waals surface area (Å²) in [6.45, 7) is 5.39. The van der Waals surface area contributed by atoms with Gasteiger partial charge in [-0.1, -0.05) is 60.7 Å². The molecule has 0 saturated carbocycles. The summed E-state index contributed by atoms with van der Waals surface area (Å²) >= 11 is 0. The molecule has 0 aliphatic rings. The summed E-state index contributed by atoms with van der Waals surface area (Å²) < 4.78 is 11.4. The van der Waals surface area contributed by atoms with Crippen LogP contribution in [0.25, 0.3) is 11.1 Å². The Hall–Kier alpha value is -4.38. The van der Waals surface area contributed by atoms with Crippen LogP contribution >= 0.6 is 0 Å². The third kappa shape index (κ3) is 6.36. The molecule has 0 aromatic heterocycles. The molecular formula is C30H27NO4. The van der Waals surface area contributed by atoms with Crippen molar-refractivity contribution in [2.75, 3.05) is 5.32 Å². The molecule has 176 valence electrons. The van der Waals surface area contributed by atoms with Crippen LogP contribution in [0, 0.1) is 0 Å². The van der Waals surface area contributed by atoms with E-state index in [1.54, 1.807) is 51.1 Å². The van der Waals surface area contributed by atoms with Crippen molar-refractivity contribution < 1.29 is 19.1 Å². The highest BCUT2D eigenvalue weighted by Crippen LogP contribution is 2.29. The molecule has 0 spiro atoms. The normalized spacial score (nSPS) is 10.9. The number of ether oxygens (including phenoxy) is 2. The molecule has 4 aromatic rings. The molecule has 1 N–H and O–H groups in total. The van der Waals surface area contributed by atoms with Crippen LogP contribution in [-0.2, 0) is 4.74 Å². The second kappa shape index (κ2) is 10.3. The highest BCUT2D eigenvalue weighted by atomic mass is 16.6. The number of carbonyl (C=O) groups is 2. The lowest BCUT2D eigenvalue weighted by atomic mass is 10.0. The quantitative estimate of drug-likeness (QED) is 0.302. The molecule has 0 atom stereocenters. The Labute approximate surface area is 205 Å². The van der Waals surface area contributed by atoms with Gasteiger partial charge in [-0.05, 0) is 68.3 Å². The third-order valence-electron chi connectivity index (χ3n) is 5.09. The lowest BCUT2D eigenvalue weighted by molar-refractivity contribution is 0.00707. The maximum Gasteiger partial charge on any atom is 0.340 e. The van der Waals surface area contributed by atoms with E-state index in [0.717, 1.165) is 11.1 Å². The van der Waals surface area contributed by atoms with E-state index in [1.165, 1.54) is 0 Å². The number of hydrogen-bond acceptors (Lipinski definition) is 4. The van der Waals surface area contributed by atoms with Crippen LogP contribution in [0.15, 0.2) is 103 Å². The van der Waals surface area contributed by atoms with Crippen LogP contribution in [-0.4, -0.2) is 17.5 Å². The van der Waals surface area contributed by atoms with Crippen molar-refractivity contribution in [1.82, 2.24) is 0 Å². The van der Waals surface area contributed by atoms with E-state index >= 15 is 0 Å². The average Bonchev–Trinajstić information content (AvgIpc) is 2.84. The first-order valence-corrected chi connectivity index (χ1v) is 11.4. The number of anilines is 1. The Morgan fingerprint density at radius 3 is 1.91 bits per heavy atom. The fourth-order valence-electron chi connectivity index (χ4n) is 3.47. The van der Waals surface area contributed by atoms with Gasteiger partial charge in [-0.2, -0.15) is 0 Å². The Balaban J connectivity index is 1.60. The molecule has 0 bridgehead atoms. The molecular weight excluding hydrogens is 438 g/mol. The molecule has 5 heteroatoms. The van der Waals surface area contributed by atoms with E-state index in [9.17, 15) is 9.59 Å². The van der Waals surface area contributed by atoms with Gasteiger partial charge in [0.15, 0.2) is 0 Å². The lowest BCUT2D eigenvalue weighted by Gasteiger charge is -2.21. The summed E-state index contributed by atoms with van der Waals surface area (Å²) in [6.07, 6.45) is 0. The third-order valence-corrected chi connectivity index (χ3v) is 5.09. The van der Waals surface area contributed by atoms with Gasteiger partial charge in [0.1, 0.15) is 17.1 Å². The topological polar surface area (TPSA) is 64.6 Å². The van der Waals surface area contributed by atoms with Crippen LogP contribution in [0.3, 0.4) is 0 Å². The summed E-state index contributed by atoms with van der Waals surface area (Å²) in [5, 5.41) is 2.86. The maximum atomic E-state index is 13.1. The second-order valence-corrected chi connectivity index (χ2v) is 9.02. The molecule has 4 rings (SSSR count). The van der Waals surface area contributed by atoms with Gasteiger partial charge in [0.05, 0.1) is 11.3 Å². The number of esters is 1. The number of hydrogen-bond donors (Lipinski definition) is 1. The maximum absolute atomic E-state index is 13.1. The number of benzene rings is 4. The van der Waals surface area contributed by atoms with Crippen LogP contribution < -0.4 is 10.1 Å². The lowest BCUT2D eigenvalue weighted by Crippen LogP contribution is -2.25. The summed E-state index contributed by atoms with van der Waals surface area (Å²) in [6, 6.07) is 31.4. The summed E-state index contributed by atoms with van der Waals surface area (Å²) in [4.78, 5) is 25.9. The monoisotopic (exact) mass is 465 g/mol. The Bertz CT molecular complexity index is 1310. The second-order valence-electron chi connectivity index (χ2n) is 9.02. The van der Waals surface area contributed by atoms with E-state index in [2.05, 4.69) is 5.32 Å². The molecule has 0 unspecified atom stereocenters. The predicted octanol–water partition coefficient (Wildman–Crippen LogP) is 7.35. The summed E-state index contributed by atoms with van der Waals surface area (Å²) in [5.41, 5.74) is 2.42. The minimum Gasteiger partial charge on any atom is -0.457 e. The molecule has 0 heterocycles. The molecule has 0 fully saturated rings. The van der Waals surface area contributed by atoms with E-state index in [1.807, 2.05) is 72.8 Å². The molecule has 5 nitrogen and oxygen atoms in total. The molecule has 0 saturated heterocycles. The summed E-state index contributed by atoms with van der Waals surface area (Å²) in [7, 11) is 0. The van der Waals surface area contributed by atoms with Gasteiger partial charge in [-0.3, -0.25) is 4.79 Å². The molecule has 0 radical (unpaired) electrons. The number of rotatable bonds is 6. The van der Waals surface area contributed by atoms with Gasteiger partial charge >= 0.3 is 5.97 Å². The van der Waals surface area contributed by atoms with Crippen LogP contribution in [0.4, 0.5) is 5.69 Å². The van der Waals surface area contributed by atoms with Gasteiger partial charge in [0.2, 0.25) is 0 Å². The SMILES string of the molecule is CC(C)(C)OC(=O)c1ccc(Oc2ccccc2)cc1NC(=O)c1ccc(-c2ccccc2)cc1. The van der Waals surface area contributed by atoms with Gasteiger partial charge in [0, 0.05) is 11.6 Å². The highest BCUT2D eigenvalue weighted by Gasteiger charge is 2.22. The molecule has 0 aliphatic heterocycles. The predicted molar refractivity (Wildman–Crippen MR) is 138 cm³/mol. The first kappa shape index (κ1) is 23.8. The van der Waals surface area contributed by atoms with E-state index in [4.69, 9.17) is 9.47 Å². The zero-order chi connectivity index (χ0) is 24.8. The Morgan fingerprint density at radius 1 is 0.686 bits per heavy atom.